The van der Waals surface area contributed by atoms with Gasteiger partial charge in [-0.1, -0.05) is 6.07 Å². The van der Waals surface area contributed by atoms with Crippen LogP contribution in [0, 0.1) is 26.2 Å². The largest absolute Gasteiger partial charge is 0.346 e. The van der Waals surface area contributed by atoms with Crippen LogP contribution in [-0.2, 0) is 11.3 Å². The van der Waals surface area contributed by atoms with Gasteiger partial charge in [0.1, 0.15) is 16.2 Å². The highest BCUT2D eigenvalue weighted by molar-refractivity contribution is 7.81. The van der Waals surface area contributed by atoms with E-state index in [4.69, 9.17) is 18.8 Å². The number of rotatable bonds is 5. The molecule has 0 aliphatic carbocycles. The molecule has 0 radical (unpaired) electrons. The van der Waals surface area contributed by atoms with Crippen molar-refractivity contribution in [2.45, 2.75) is 39.8 Å². The number of nitrogens with one attached hydrogen (secondary N) is 1. The SMILES string of the molecule is [C-]#[N+]c1ccc(N2C(=O)C(C)(C)N(c3cnc(CNC(=O)c4scnc4C)c(F)c3)C2=S)cc1C. The number of halogens is 1. The molecule has 0 spiro atoms. The molecule has 3 aromatic rings. The van der Waals surface area contributed by atoms with Gasteiger partial charge in [-0.3, -0.25) is 19.5 Å². The van der Waals surface area contributed by atoms with Crippen molar-refractivity contribution in [3.8, 4) is 0 Å². The summed E-state index contributed by atoms with van der Waals surface area (Å²) in [6.07, 6.45) is 1.43. The molecule has 4 rings (SSSR count). The van der Waals surface area contributed by atoms with Gasteiger partial charge in [-0.25, -0.2) is 14.2 Å². The van der Waals surface area contributed by atoms with Crippen molar-refractivity contribution in [1.82, 2.24) is 15.3 Å². The summed E-state index contributed by atoms with van der Waals surface area (Å²) in [6, 6.07) is 6.29. The van der Waals surface area contributed by atoms with E-state index in [1.54, 1.807) is 56.3 Å². The summed E-state index contributed by atoms with van der Waals surface area (Å²) in [6.45, 7) is 14.0. The van der Waals surface area contributed by atoms with Crippen LogP contribution in [0.5, 0.6) is 0 Å². The fourth-order valence-electron chi connectivity index (χ4n) is 3.83. The molecule has 8 nitrogen and oxygen atoms in total. The van der Waals surface area contributed by atoms with Crippen LogP contribution >= 0.6 is 23.6 Å². The highest BCUT2D eigenvalue weighted by Gasteiger charge is 2.50. The number of aryl methyl sites for hydroxylation is 2. The lowest BCUT2D eigenvalue weighted by Gasteiger charge is -2.29. The van der Waals surface area contributed by atoms with Crippen LogP contribution in [-0.4, -0.2) is 32.4 Å². The Morgan fingerprint density at radius 2 is 2.00 bits per heavy atom. The Morgan fingerprint density at radius 1 is 1.26 bits per heavy atom. The van der Waals surface area contributed by atoms with E-state index in [1.165, 1.54) is 28.5 Å². The molecule has 0 saturated carbocycles. The molecule has 35 heavy (non-hydrogen) atoms. The average Bonchev–Trinajstić information content (AvgIpc) is 3.31. The standard InChI is InChI=1S/C24H21FN6O2S2/c1-13-8-15(6-7-18(13)26-5)30-22(33)24(3,4)31(23(30)34)16-9-17(25)19(27-10-16)11-28-21(32)20-14(2)29-12-35-20/h6-10,12H,11H2,1-4H3,(H,28,32). The summed E-state index contributed by atoms with van der Waals surface area (Å²) in [4.78, 5) is 40.7. The van der Waals surface area contributed by atoms with Gasteiger partial charge in [-0.15, -0.1) is 11.3 Å². The zero-order valence-corrected chi connectivity index (χ0v) is 21.1. The Labute approximate surface area is 211 Å². The van der Waals surface area contributed by atoms with E-state index in [9.17, 15) is 14.0 Å². The minimum Gasteiger partial charge on any atom is -0.346 e. The Kier molecular flexibility index (Phi) is 6.36. The minimum atomic E-state index is -1.10. The predicted molar refractivity (Wildman–Crippen MR) is 136 cm³/mol. The molecule has 2 aromatic heterocycles. The van der Waals surface area contributed by atoms with Gasteiger partial charge in [0, 0.05) is 11.8 Å². The molecule has 0 unspecified atom stereocenters. The fourth-order valence-corrected chi connectivity index (χ4v) is 5.07. The van der Waals surface area contributed by atoms with Crippen molar-refractivity contribution >= 4 is 57.5 Å². The molecule has 3 heterocycles. The van der Waals surface area contributed by atoms with E-state index >= 15 is 0 Å². The summed E-state index contributed by atoms with van der Waals surface area (Å²) in [5.41, 5.74) is 3.19. The first-order chi connectivity index (χ1) is 16.6. The third-order valence-corrected chi connectivity index (χ3v) is 7.05. The molecule has 1 aliphatic heterocycles. The number of anilines is 2. The van der Waals surface area contributed by atoms with Crippen molar-refractivity contribution in [3.05, 3.63) is 75.0 Å². The van der Waals surface area contributed by atoms with Crippen molar-refractivity contribution in [2.24, 2.45) is 0 Å². The van der Waals surface area contributed by atoms with Gasteiger partial charge in [0.25, 0.3) is 11.8 Å². The number of thiazole rings is 1. The van der Waals surface area contributed by atoms with E-state index in [2.05, 4.69) is 20.1 Å². The quantitative estimate of drug-likeness (QED) is 0.398. The van der Waals surface area contributed by atoms with E-state index in [-0.39, 0.29) is 29.2 Å². The molecule has 0 bridgehead atoms. The number of benzene rings is 1. The van der Waals surface area contributed by atoms with Crippen LogP contribution in [0.1, 0.15) is 40.5 Å². The minimum absolute atomic E-state index is 0.0562. The van der Waals surface area contributed by atoms with Crippen LogP contribution in [0.15, 0.2) is 36.0 Å². The van der Waals surface area contributed by atoms with Crippen molar-refractivity contribution in [3.63, 3.8) is 0 Å². The number of amides is 2. The second kappa shape index (κ2) is 9.13. The summed E-state index contributed by atoms with van der Waals surface area (Å²) in [5, 5.41) is 2.83. The first kappa shape index (κ1) is 24.4. The van der Waals surface area contributed by atoms with Crippen LogP contribution < -0.4 is 15.1 Å². The number of hydrogen-bond donors (Lipinski definition) is 1. The summed E-state index contributed by atoms with van der Waals surface area (Å²) in [7, 11) is 0. The van der Waals surface area contributed by atoms with Gasteiger partial charge in [0.05, 0.1) is 41.9 Å². The van der Waals surface area contributed by atoms with Gasteiger partial charge < -0.3 is 10.2 Å². The highest BCUT2D eigenvalue weighted by Crippen LogP contribution is 2.37. The topological polar surface area (TPSA) is 82.8 Å². The van der Waals surface area contributed by atoms with Crippen molar-refractivity contribution in [2.75, 3.05) is 9.80 Å². The van der Waals surface area contributed by atoms with Crippen molar-refractivity contribution in [1.29, 1.82) is 0 Å². The zero-order chi connectivity index (χ0) is 25.5. The van der Waals surface area contributed by atoms with E-state index in [0.29, 0.717) is 27.6 Å². The van der Waals surface area contributed by atoms with Gasteiger partial charge in [-0.05, 0) is 57.6 Å². The maximum absolute atomic E-state index is 15.0. The van der Waals surface area contributed by atoms with Gasteiger partial charge in [0.2, 0.25) is 0 Å². The fraction of sp³-hybridized carbons (Fsp3) is 0.250. The van der Waals surface area contributed by atoms with E-state index in [0.717, 1.165) is 5.56 Å². The Bertz CT molecular complexity index is 1410. The molecule has 178 valence electrons. The van der Waals surface area contributed by atoms with Crippen LogP contribution in [0.3, 0.4) is 0 Å². The Morgan fingerprint density at radius 3 is 2.60 bits per heavy atom. The molecule has 1 aromatic carbocycles. The van der Waals surface area contributed by atoms with E-state index in [1.807, 2.05) is 0 Å². The molecular formula is C24H21FN6O2S2. The first-order valence-electron chi connectivity index (χ1n) is 10.6. The second-order valence-electron chi connectivity index (χ2n) is 8.47. The average molecular weight is 509 g/mol. The van der Waals surface area contributed by atoms with Gasteiger partial charge >= 0.3 is 0 Å². The maximum Gasteiger partial charge on any atom is 0.263 e. The lowest BCUT2D eigenvalue weighted by atomic mass is 10.0. The maximum atomic E-state index is 15.0. The monoisotopic (exact) mass is 508 g/mol. The molecular weight excluding hydrogens is 487 g/mol. The predicted octanol–water partition coefficient (Wildman–Crippen LogP) is 4.69. The van der Waals surface area contributed by atoms with Crippen LogP contribution in [0.25, 0.3) is 4.85 Å². The summed E-state index contributed by atoms with van der Waals surface area (Å²) in [5.74, 6) is -1.27. The van der Waals surface area contributed by atoms with Crippen molar-refractivity contribution < 1.29 is 14.0 Å². The van der Waals surface area contributed by atoms with Crippen LogP contribution in [0.2, 0.25) is 0 Å². The third-order valence-electron chi connectivity index (χ3n) is 5.76. The third kappa shape index (κ3) is 4.26. The molecule has 1 aliphatic rings. The molecule has 0 atom stereocenters. The Balaban J connectivity index is 1.59. The summed E-state index contributed by atoms with van der Waals surface area (Å²) >= 11 is 6.84. The van der Waals surface area contributed by atoms with Gasteiger partial charge in [0.15, 0.2) is 10.8 Å². The summed E-state index contributed by atoms with van der Waals surface area (Å²) < 4.78 is 15.0. The molecule has 1 saturated heterocycles. The van der Waals surface area contributed by atoms with Gasteiger partial charge in [-0.2, -0.15) is 0 Å². The number of carbonyl (C=O) groups excluding carboxylic acids is 2. The number of thiocarbonyl (C=S) groups is 1. The number of hydrogen-bond acceptors (Lipinski definition) is 6. The number of carbonyl (C=O) groups is 2. The first-order valence-corrected chi connectivity index (χ1v) is 11.8. The van der Waals surface area contributed by atoms with E-state index < -0.39 is 11.4 Å². The molecule has 11 heteroatoms. The molecule has 1 N–H and O–H groups in total. The smallest absolute Gasteiger partial charge is 0.263 e. The molecule has 1 fully saturated rings. The molecule has 2 amide bonds. The second-order valence-corrected chi connectivity index (χ2v) is 9.69. The number of pyridine rings is 1. The van der Waals surface area contributed by atoms with Crippen LogP contribution in [0.4, 0.5) is 21.5 Å². The highest BCUT2D eigenvalue weighted by atomic mass is 32.1. The number of aromatic nitrogens is 2. The normalized spacial score (nSPS) is 14.9. The Hall–Kier alpha value is -3.75. The number of nitrogens with zero attached hydrogens (tertiary/aromatic N) is 5. The zero-order valence-electron chi connectivity index (χ0n) is 19.4. The lowest BCUT2D eigenvalue weighted by Crippen LogP contribution is -2.44. The lowest BCUT2D eigenvalue weighted by molar-refractivity contribution is -0.120.